The van der Waals surface area contributed by atoms with E-state index in [0.717, 1.165) is 6.07 Å². The zero-order valence-electron chi connectivity index (χ0n) is 9.76. The smallest absolute Gasteiger partial charge is 0.305 e. The predicted molar refractivity (Wildman–Crippen MR) is 62.7 cm³/mol. The molecule has 100 valence electrons. The number of rotatable bonds is 8. The highest BCUT2D eigenvalue weighted by Gasteiger charge is 2.16. The Bertz CT molecular complexity index is 401. The predicted octanol–water partition coefficient (Wildman–Crippen LogP) is 0.832. The molecule has 0 heterocycles. The molecule has 7 heteroatoms. The number of ether oxygens (including phenoxy) is 1. The maximum Gasteiger partial charge on any atom is 0.305 e. The number of hydrogen-bond donors (Lipinski definition) is 2. The molecule has 0 fully saturated rings. The van der Waals surface area contributed by atoms with Crippen LogP contribution in [0.25, 0.3) is 0 Å². The molecular weight excluding hydrogens is 243 g/mol. The van der Waals surface area contributed by atoms with Crippen molar-refractivity contribution in [3.8, 4) is 0 Å². The van der Waals surface area contributed by atoms with Gasteiger partial charge in [0.15, 0.2) is 0 Å². The maximum atomic E-state index is 13.6. The molecule has 0 atom stereocenters. The molecule has 0 aliphatic carbocycles. The Hall–Kier alpha value is -1.57. The lowest BCUT2D eigenvalue weighted by Crippen LogP contribution is -2.20. The molecule has 0 amide bonds. The van der Waals surface area contributed by atoms with Crippen LogP contribution >= 0.6 is 0 Å². The Morgan fingerprint density at radius 3 is 2.89 bits per heavy atom. The normalized spacial score (nSPS) is 10.6. The van der Waals surface area contributed by atoms with Crippen molar-refractivity contribution in [2.75, 3.05) is 26.4 Å². The SMILES string of the molecule is O=[N+]([O-])c1cccc(CNCCOCCO)c1F. The van der Waals surface area contributed by atoms with Gasteiger partial charge in [-0.15, -0.1) is 0 Å². The first-order chi connectivity index (χ1) is 8.66. The quantitative estimate of drug-likeness (QED) is 0.410. The summed E-state index contributed by atoms with van der Waals surface area (Å²) in [7, 11) is 0. The van der Waals surface area contributed by atoms with Crippen LogP contribution in [0.15, 0.2) is 18.2 Å². The van der Waals surface area contributed by atoms with Gasteiger partial charge in [-0.1, -0.05) is 12.1 Å². The second kappa shape index (κ2) is 7.70. The van der Waals surface area contributed by atoms with E-state index in [1.807, 2.05) is 0 Å². The van der Waals surface area contributed by atoms with E-state index < -0.39 is 16.4 Å². The van der Waals surface area contributed by atoms with Crippen molar-refractivity contribution >= 4 is 5.69 Å². The largest absolute Gasteiger partial charge is 0.394 e. The summed E-state index contributed by atoms with van der Waals surface area (Å²) in [5.74, 6) is -0.814. The molecule has 0 spiro atoms. The fourth-order valence-electron chi connectivity index (χ4n) is 1.38. The van der Waals surface area contributed by atoms with E-state index in [2.05, 4.69) is 5.32 Å². The molecule has 1 aromatic carbocycles. The first-order valence-corrected chi connectivity index (χ1v) is 5.48. The number of nitrogens with zero attached hydrogens (tertiary/aromatic N) is 1. The third kappa shape index (κ3) is 4.36. The fourth-order valence-corrected chi connectivity index (χ4v) is 1.38. The number of halogens is 1. The summed E-state index contributed by atoms with van der Waals surface area (Å²) in [5.41, 5.74) is -0.280. The lowest BCUT2D eigenvalue weighted by atomic mass is 10.2. The van der Waals surface area contributed by atoms with Crippen molar-refractivity contribution in [2.45, 2.75) is 6.54 Å². The molecule has 0 aliphatic rings. The van der Waals surface area contributed by atoms with Crippen molar-refractivity contribution < 1.29 is 19.2 Å². The van der Waals surface area contributed by atoms with Gasteiger partial charge >= 0.3 is 5.69 Å². The van der Waals surface area contributed by atoms with Gasteiger partial charge in [-0.3, -0.25) is 10.1 Å². The number of nitrogens with one attached hydrogen (secondary N) is 1. The molecule has 0 unspecified atom stereocenters. The van der Waals surface area contributed by atoms with Crippen LogP contribution in [0.5, 0.6) is 0 Å². The van der Waals surface area contributed by atoms with Crippen molar-refractivity contribution in [3.63, 3.8) is 0 Å². The first-order valence-electron chi connectivity index (χ1n) is 5.48. The van der Waals surface area contributed by atoms with Crippen molar-refractivity contribution in [1.29, 1.82) is 0 Å². The zero-order valence-corrected chi connectivity index (χ0v) is 9.76. The molecule has 2 N–H and O–H groups in total. The van der Waals surface area contributed by atoms with Crippen molar-refractivity contribution in [1.82, 2.24) is 5.32 Å². The minimum Gasteiger partial charge on any atom is -0.394 e. The summed E-state index contributed by atoms with van der Waals surface area (Å²) < 4.78 is 18.6. The zero-order chi connectivity index (χ0) is 13.4. The van der Waals surface area contributed by atoms with Gasteiger partial charge in [0.25, 0.3) is 0 Å². The highest BCUT2D eigenvalue weighted by Crippen LogP contribution is 2.19. The van der Waals surface area contributed by atoms with Gasteiger partial charge in [0.2, 0.25) is 5.82 Å². The second-order valence-electron chi connectivity index (χ2n) is 3.52. The molecule has 0 aliphatic heterocycles. The summed E-state index contributed by atoms with van der Waals surface area (Å²) >= 11 is 0. The first kappa shape index (κ1) is 14.5. The lowest BCUT2D eigenvalue weighted by Gasteiger charge is -2.06. The van der Waals surface area contributed by atoms with Crippen LogP contribution in [0, 0.1) is 15.9 Å². The highest BCUT2D eigenvalue weighted by atomic mass is 19.1. The number of aliphatic hydroxyl groups is 1. The van der Waals surface area contributed by atoms with Gasteiger partial charge in [0.05, 0.1) is 24.7 Å². The molecular formula is C11H15FN2O4. The van der Waals surface area contributed by atoms with Gasteiger partial charge in [-0.2, -0.15) is 4.39 Å². The molecule has 1 aromatic rings. The summed E-state index contributed by atoms with van der Waals surface area (Å²) in [6, 6.07) is 4.06. The third-order valence-corrected chi connectivity index (χ3v) is 2.23. The molecule has 0 aromatic heterocycles. The third-order valence-electron chi connectivity index (χ3n) is 2.23. The van der Waals surface area contributed by atoms with Gasteiger partial charge in [0.1, 0.15) is 0 Å². The number of aliphatic hydroxyl groups excluding tert-OH is 1. The summed E-state index contributed by atoms with van der Waals surface area (Å²) in [6.07, 6.45) is 0. The topological polar surface area (TPSA) is 84.6 Å². The van der Waals surface area contributed by atoms with E-state index >= 15 is 0 Å². The average Bonchev–Trinajstić information content (AvgIpc) is 2.35. The average molecular weight is 258 g/mol. The Morgan fingerprint density at radius 1 is 1.44 bits per heavy atom. The molecule has 1 rings (SSSR count). The van der Waals surface area contributed by atoms with Crippen LogP contribution in [0.2, 0.25) is 0 Å². The summed E-state index contributed by atoms with van der Waals surface area (Å²) in [4.78, 5) is 9.78. The second-order valence-corrected chi connectivity index (χ2v) is 3.52. The summed E-state index contributed by atoms with van der Waals surface area (Å²) in [6.45, 7) is 1.27. The van der Waals surface area contributed by atoms with Crippen LogP contribution in [0.4, 0.5) is 10.1 Å². The van der Waals surface area contributed by atoms with Crippen LogP contribution in [0.3, 0.4) is 0 Å². The van der Waals surface area contributed by atoms with E-state index in [0.29, 0.717) is 13.2 Å². The number of nitro groups is 1. The molecule has 0 saturated carbocycles. The van der Waals surface area contributed by atoms with E-state index in [-0.39, 0.29) is 25.3 Å². The minimum atomic E-state index is -0.814. The molecule has 0 radical (unpaired) electrons. The standard InChI is InChI=1S/C11H15FN2O4/c12-11-9(2-1-3-10(11)14(16)17)8-13-4-6-18-7-5-15/h1-3,13,15H,4-8H2. The number of benzene rings is 1. The lowest BCUT2D eigenvalue weighted by molar-refractivity contribution is -0.387. The minimum absolute atomic E-state index is 0.0422. The van der Waals surface area contributed by atoms with Crippen LogP contribution in [-0.2, 0) is 11.3 Å². The van der Waals surface area contributed by atoms with Crippen LogP contribution in [-0.4, -0.2) is 36.4 Å². The highest BCUT2D eigenvalue weighted by molar-refractivity contribution is 5.36. The Balaban J connectivity index is 2.43. The van der Waals surface area contributed by atoms with Crippen LogP contribution < -0.4 is 5.32 Å². The molecule has 18 heavy (non-hydrogen) atoms. The van der Waals surface area contributed by atoms with E-state index in [4.69, 9.17) is 9.84 Å². The van der Waals surface area contributed by atoms with E-state index in [1.54, 1.807) is 0 Å². The Morgan fingerprint density at radius 2 is 2.22 bits per heavy atom. The van der Waals surface area contributed by atoms with E-state index in [1.165, 1.54) is 12.1 Å². The Labute approximate surface area is 104 Å². The van der Waals surface area contributed by atoms with Crippen molar-refractivity contribution in [3.05, 3.63) is 39.7 Å². The van der Waals surface area contributed by atoms with Gasteiger partial charge in [0, 0.05) is 24.7 Å². The van der Waals surface area contributed by atoms with E-state index in [9.17, 15) is 14.5 Å². The maximum absolute atomic E-state index is 13.6. The van der Waals surface area contributed by atoms with Gasteiger partial charge in [-0.05, 0) is 0 Å². The molecule has 0 saturated heterocycles. The fraction of sp³-hybridized carbons (Fsp3) is 0.455. The van der Waals surface area contributed by atoms with Gasteiger partial charge < -0.3 is 15.2 Å². The number of hydrogen-bond acceptors (Lipinski definition) is 5. The van der Waals surface area contributed by atoms with Crippen LogP contribution in [0.1, 0.15) is 5.56 Å². The molecule has 6 nitrogen and oxygen atoms in total. The number of nitro benzene ring substituents is 1. The summed E-state index contributed by atoms with van der Waals surface area (Å²) in [5, 5.41) is 21.9. The Kier molecular flexibility index (Phi) is 6.20. The molecule has 0 bridgehead atoms. The van der Waals surface area contributed by atoms with Gasteiger partial charge in [-0.25, -0.2) is 0 Å². The monoisotopic (exact) mass is 258 g/mol. The van der Waals surface area contributed by atoms with Crippen molar-refractivity contribution in [2.24, 2.45) is 0 Å².